The molecular formula is C21H19Cl2N5O3. The Hall–Kier alpha value is -2.81. The fourth-order valence-corrected chi connectivity index (χ4v) is 4.37. The number of hydrogen-bond acceptors (Lipinski definition) is 4. The van der Waals surface area contributed by atoms with E-state index in [0.717, 1.165) is 47.9 Å². The first-order chi connectivity index (χ1) is 15.0. The van der Waals surface area contributed by atoms with Crippen LogP contribution in [0, 0.1) is 0 Å². The van der Waals surface area contributed by atoms with Crippen LogP contribution in [0.2, 0.25) is 10.0 Å². The Kier molecular flexibility index (Phi) is 5.21. The SMILES string of the molecule is O=C(O)Cn1cc(-n2cc(-c3cnn(C4CCCCO4)c3)c3ccc(Cl)c(Cl)c32)cn1. The molecule has 0 saturated carbocycles. The molecule has 1 aliphatic heterocycles. The number of hydrogen-bond donors (Lipinski definition) is 1. The number of carbonyl (C=O) groups is 1. The lowest BCUT2D eigenvalue weighted by molar-refractivity contribution is -0.137. The first-order valence-electron chi connectivity index (χ1n) is 9.91. The highest BCUT2D eigenvalue weighted by Crippen LogP contribution is 2.39. The van der Waals surface area contributed by atoms with Gasteiger partial charge in [-0.2, -0.15) is 10.2 Å². The van der Waals surface area contributed by atoms with Gasteiger partial charge in [0.1, 0.15) is 12.8 Å². The Bertz CT molecular complexity index is 1270. The van der Waals surface area contributed by atoms with Crippen LogP contribution in [0.4, 0.5) is 0 Å². The average Bonchev–Trinajstić information content (AvgIpc) is 3.49. The number of halogens is 2. The summed E-state index contributed by atoms with van der Waals surface area (Å²) < 4.78 is 10.9. The first-order valence-corrected chi connectivity index (χ1v) is 10.7. The molecule has 1 N–H and O–H groups in total. The van der Waals surface area contributed by atoms with E-state index in [0.29, 0.717) is 15.7 Å². The van der Waals surface area contributed by atoms with Crippen LogP contribution in [0.1, 0.15) is 25.5 Å². The lowest BCUT2D eigenvalue weighted by atomic mass is 10.1. The molecule has 1 unspecified atom stereocenters. The number of rotatable bonds is 5. The number of nitrogens with zero attached hydrogens (tertiary/aromatic N) is 5. The minimum atomic E-state index is -0.967. The van der Waals surface area contributed by atoms with Crippen LogP contribution in [0.15, 0.2) is 43.1 Å². The van der Waals surface area contributed by atoms with Crippen LogP contribution in [0.5, 0.6) is 0 Å². The van der Waals surface area contributed by atoms with E-state index in [2.05, 4.69) is 10.2 Å². The topological polar surface area (TPSA) is 87.1 Å². The Balaban J connectivity index is 1.61. The van der Waals surface area contributed by atoms with Crippen LogP contribution in [-0.2, 0) is 16.1 Å². The molecule has 1 fully saturated rings. The molecule has 5 rings (SSSR count). The highest BCUT2D eigenvalue weighted by Gasteiger charge is 2.21. The molecule has 0 spiro atoms. The normalized spacial score (nSPS) is 16.8. The maximum absolute atomic E-state index is 11.0. The Morgan fingerprint density at radius 3 is 2.81 bits per heavy atom. The molecule has 8 nitrogen and oxygen atoms in total. The third-order valence-corrected chi connectivity index (χ3v) is 6.21. The Morgan fingerprint density at radius 1 is 1.16 bits per heavy atom. The molecule has 4 heterocycles. The molecule has 0 amide bonds. The van der Waals surface area contributed by atoms with Crippen molar-refractivity contribution >= 4 is 40.1 Å². The molecule has 1 atom stereocenters. The van der Waals surface area contributed by atoms with E-state index in [1.54, 1.807) is 18.5 Å². The molecule has 31 heavy (non-hydrogen) atoms. The lowest BCUT2D eigenvalue weighted by Crippen LogP contribution is -2.18. The second kappa shape index (κ2) is 8.03. The van der Waals surface area contributed by atoms with Gasteiger partial charge in [-0.3, -0.25) is 9.48 Å². The van der Waals surface area contributed by atoms with Crippen molar-refractivity contribution in [3.63, 3.8) is 0 Å². The highest BCUT2D eigenvalue weighted by atomic mass is 35.5. The van der Waals surface area contributed by atoms with E-state index in [9.17, 15) is 4.79 Å². The summed E-state index contributed by atoms with van der Waals surface area (Å²) in [4.78, 5) is 11.0. The molecule has 10 heteroatoms. The van der Waals surface area contributed by atoms with Crippen molar-refractivity contribution in [1.29, 1.82) is 0 Å². The predicted molar refractivity (Wildman–Crippen MR) is 117 cm³/mol. The van der Waals surface area contributed by atoms with Gasteiger partial charge in [0.05, 0.1) is 33.6 Å². The van der Waals surface area contributed by atoms with Gasteiger partial charge >= 0.3 is 5.97 Å². The van der Waals surface area contributed by atoms with Crippen molar-refractivity contribution < 1.29 is 14.6 Å². The predicted octanol–water partition coefficient (Wildman–Crippen LogP) is 4.78. The fourth-order valence-electron chi connectivity index (χ4n) is 3.96. The zero-order valence-electron chi connectivity index (χ0n) is 16.4. The molecule has 1 aromatic carbocycles. The van der Waals surface area contributed by atoms with Crippen molar-refractivity contribution in [3.8, 4) is 16.8 Å². The summed E-state index contributed by atoms with van der Waals surface area (Å²) in [5.74, 6) is -0.967. The van der Waals surface area contributed by atoms with Gasteiger partial charge in [0.15, 0.2) is 0 Å². The van der Waals surface area contributed by atoms with E-state index in [1.807, 2.05) is 33.9 Å². The van der Waals surface area contributed by atoms with Gasteiger partial charge in [-0.15, -0.1) is 0 Å². The maximum Gasteiger partial charge on any atom is 0.325 e. The van der Waals surface area contributed by atoms with E-state index in [1.165, 1.54) is 4.68 Å². The van der Waals surface area contributed by atoms with Gasteiger partial charge in [-0.1, -0.05) is 29.3 Å². The van der Waals surface area contributed by atoms with Crippen molar-refractivity contribution in [2.75, 3.05) is 6.61 Å². The summed E-state index contributed by atoms with van der Waals surface area (Å²) in [6.07, 6.45) is 12.1. The van der Waals surface area contributed by atoms with Crippen LogP contribution in [-0.4, -0.2) is 41.8 Å². The van der Waals surface area contributed by atoms with Crippen molar-refractivity contribution in [2.45, 2.75) is 32.0 Å². The zero-order valence-corrected chi connectivity index (χ0v) is 17.9. The third-order valence-electron chi connectivity index (χ3n) is 5.42. The first kappa shape index (κ1) is 20.1. The molecule has 0 bridgehead atoms. The van der Waals surface area contributed by atoms with Gasteiger partial charge in [0.2, 0.25) is 0 Å². The fraction of sp³-hybridized carbons (Fsp3) is 0.286. The van der Waals surface area contributed by atoms with Crippen molar-refractivity contribution in [1.82, 2.24) is 24.1 Å². The van der Waals surface area contributed by atoms with Gasteiger partial charge in [0, 0.05) is 41.7 Å². The average molecular weight is 460 g/mol. The summed E-state index contributed by atoms with van der Waals surface area (Å²) in [6.45, 7) is 0.516. The number of fused-ring (bicyclic) bond motifs is 1. The minimum Gasteiger partial charge on any atom is -0.480 e. The van der Waals surface area contributed by atoms with Crippen molar-refractivity contribution in [3.05, 3.63) is 53.2 Å². The molecule has 0 radical (unpaired) electrons. The summed E-state index contributed by atoms with van der Waals surface area (Å²) in [7, 11) is 0. The van der Waals surface area contributed by atoms with E-state index in [-0.39, 0.29) is 12.8 Å². The van der Waals surface area contributed by atoms with Crippen LogP contribution >= 0.6 is 23.2 Å². The number of aromatic nitrogens is 5. The number of aliphatic carboxylic acids is 1. The third kappa shape index (κ3) is 3.71. The van der Waals surface area contributed by atoms with E-state index in [4.69, 9.17) is 33.0 Å². The smallest absolute Gasteiger partial charge is 0.325 e. The minimum absolute atomic E-state index is 0.0527. The summed E-state index contributed by atoms with van der Waals surface area (Å²) >= 11 is 12.9. The number of carboxylic acids is 1. The molecule has 3 aromatic heterocycles. The lowest BCUT2D eigenvalue weighted by Gasteiger charge is -2.22. The molecular weight excluding hydrogens is 441 g/mol. The van der Waals surface area contributed by atoms with E-state index < -0.39 is 5.97 Å². The summed E-state index contributed by atoms with van der Waals surface area (Å²) in [5, 5.41) is 19.5. The zero-order chi connectivity index (χ0) is 21.5. The van der Waals surface area contributed by atoms with Crippen LogP contribution in [0.25, 0.3) is 27.7 Å². The largest absolute Gasteiger partial charge is 0.480 e. The summed E-state index contributed by atoms with van der Waals surface area (Å²) in [6, 6.07) is 3.69. The highest BCUT2D eigenvalue weighted by molar-refractivity contribution is 6.45. The standard InChI is InChI=1S/C21H19Cl2N5O3/c22-17-5-4-15-16(13-7-25-28(9-13)18-3-1-2-6-31-18)11-27(21(15)20(17)23)14-8-24-26(10-14)12-19(29)30/h4-5,7-11,18H,1-3,6,12H2,(H,29,30). The van der Waals surface area contributed by atoms with Crippen LogP contribution in [0.3, 0.4) is 0 Å². The molecule has 4 aromatic rings. The number of carboxylic acid groups (broad SMARTS) is 1. The Labute approximate surface area is 187 Å². The Morgan fingerprint density at radius 2 is 2.03 bits per heavy atom. The summed E-state index contributed by atoms with van der Waals surface area (Å²) in [5.41, 5.74) is 3.27. The molecule has 0 aliphatic carbocycles. The van der Waals surface area contributed by atoms with Gasteiger partial charge in [0.25, 0.3) is 0 Å². The molecule has 1 aliphatic rings. The second-order valence-electron chi connectivity index (χ2n) is 7.49. The monoisotopic (exact) mass is 459 g/mol. The van der Waals surface area contributed by atoms with Gasteiger partial charge < -0.3 is 14.4 Å². The maximum atomic E-state index is 11.0. The quantitative estimate of drug-likeness (QED) is 0.463. The molecule has 1 saturated heterocycles. The van der Waals surface area contributed by atoms with Crippen LogP contribution < -0.4 is 0 Å². The number of ether oxygens (including phenoxy) is 1. The van der Waals surface area contributed by atoms with Gasteiger partial charge in [-0.05, 0) is 25.3 Å². The second-order valence-corrected chi connectivity index (χ2v) is 8.28. The number of benzene rings is 1. The molecule has 160 valence electrons. The van der Waals surface area contributed by atoms with Gasteiger partial charge in [-0.25, -0.2) is 4.68 Å². The van der Waals surface area contributed by atoms with E-state index >= 15 is 0 Å². The van der Waals surface area contributed by atoms with Crippen molar-refractivity contribution in [2.24, 2.45) is 0 Å².